The number of anilines is 1. The summed E-state index contributed by atoms with van der Waals surface area (Å²) in [6.45, 7) is 2.49. The predicted octanol–water partition coefficient (Wildman–Crippen LogP) is 0.450. The number of nitrogens with one attached hydrogen (secondary N) is 1. The summed E-state index contributed by atoms with van der Waals surface area (Å²) in [7, 11) is 0. The predicted molar refractivity (Wildman–Crippen MR) is 68.9 cm³/mol. The molecule has 1 aliphatic heterocycles. The molecule has 0 radical (unpaired) electrons. The molecule has 1 aliphatic rings. The molecule has 0 aliphatic carbocycles. The van der Waals surface area contributed by atoms with Crippen molar-refractivity contribution in [3.8, 4) is 5.75 Å². The Kier molecular flexibility index (Phi) is 4.01. The molecule has 0 aromatic heterocycles. The van der Waals surface area contributed by atoms with Gasteiger partial charge in [-0.05, 0) is 30.7 Å². The first-order chi connectivity index (χ1) is 9.11. The van der Waals surface area contributed by atoms with E-state index >= 15 is 0 Å². The number of amides is 1. The van der Waals surface area contributed by atoms with E-state index in [1.807, 2.05) is 6.07 Å². The van der Waals surface area contributed by atoms with Crippen LogP contribution in [-0.4, -0.2) is 31.1 Å². The minimum Gasteiger partial charge on any atom is -0.493 e. The lowest BCUT2D eigenvalue weighted by molar-refractivity contribution is -0.146. The Morgan fingerprint density at radius 2 is 2.32 bits per heavy atom. The Bertz CT molecular complexity index is 501. The van der Waals surface area contributed by atoms with E-state index < -0.39 is 17.9 Å². The van der Waals surface area contributed by atoms with Crippen LogP contribution in [0, 0.1) is 0 Å². The van der Waals surface area contributed by atoms with E-state index in [1.165, 1.54) is 0 Å². The van der Waals surface area contributed by atoms with E-state index in [1.54, 1.807) is 19.1 Å². The second-order valence-electron chi connectivity index (χ2n) is 4.14. The summed E-state index contributed by atoms with van der Waals surface area (Å²) in [5, 5.41) is 2.59. The lowest BCUT2D eigenvalue weighted by Crippen LogP contribution is -2.43. The largest absolute Gasteiger partial charge is 0.493 e. The molecule has 0 fully saturated rings. The van der Waals surface area contributed by atoms with Crippen LogP contribution in [0.25, 0.3) is 0 Å². The topological polar surface area (TPSA) is 90.7 Å². The number of hydrogen-bond donors (Lipinski definition) is 2. The number of ether oxygens (including phenoxy) is 2. The molecule has 1 amide bonds. The van der Waals surface area contributed by atoms with Crippen LogP contribution in [0.3, 0.4) is 0 Å². The van der Waals surface area contributed by atoms with Crippen LogP contribution < -0.4 is 15.8 Å². The molecule has 0 bridgehead atoms. The number of rotatable bonds is 4. The number of benzene rings is 1. The third-order valence-electron chi connectivity index (χ3n) is 2.78. The third-order valence-corrected chi connectivity index (χ3v) is 2.78. The summed E-state index contributed by atoms with van der Waals surface area (Å²) in [6.07, 6.45) is 0.809. The maximum absolute atomic E-state index is 11.8. The van der Waals surface area contributed by atoms with Gasteiger partial charge in [0.25, 0.3) is 5.91 Å². The first-order valence-electron chi connectivity index (χ1n) is 6.10. The van der Waals surface area contributed by atoms with E-state index in [0.717, 1.165) is 17.7 Å². The number of carbonyl (C=O) groups is 2. The first-order valence-corrected chi connectivity index (χ1v) is 6.10. The van der Waals surface area contributed by atoms with Gasteiger partial charge in [0.15, 0.2) is 6.04 Å². The second kappa shape index (κ2) is 5.71. The van der Waals surface area contributed by atoms with Gasteiger partial charge in [-0.2, -0.15) is 0 Å². The molecule has 102 valence electrons. The molecule has 0 saturated heterocycles. The fourth-order valence-electron chi connectivity index (χ4n) is 1.82. The fourth-order valence-corrected chi connectivity index (χ4v) is 1.82. The summed E-state index contributed by atoms with van der Waals surface area (Å²) in [5.74, 6) is -0.491. The molecule has 6 nitrogen and oxygen atoms in total. The number of nitrogens with two attached hydrogens (primary N) is 1. The van der Waals surface area contributed by atoms with Crippen LogP contribution in [0.4, 0.5) is 5.69 Å². The Morgan fingerprint density at radius 1 is 1.53 bits per heavy atom. The number of hydrogen-bond acceptors (Lipinski definition) is 5. The average molecular weight is 264 g/mol. The van der Waals surface area contributed by atoms with Gasteiger partial charge in [-0.15, -0.1) is 0 Å². The van der Waals surface area contributed by atoms with Crippen LogP contribution in [-0.2, 0) is 20.7 Å². The van der Waals surface area contributed by atoms with Gasteiger partial charge in [0, 0.05) is 12.1 Å². The van der Waals surface area contributed by atoms with Gasteiger partial charge in [-0.3, -0.25) is 4.79 Å². The Balaban J connectivity index is 2.01. The lowest BCUT2D eigenvalue weighted by Gasteiger charge is -2.11. The van der Waals surface area contributed by atoms with Crippen LogP contribution >= 0.6 is 0 Å². The second-order valence-corrected chi connectivity index (χ2v) is 4.14. The maximum Gasteiger partial charge on any atom is 0.332 e. The summed E-state index contributed by atoms with van der Waals surface area (Å²) in [6, 6.07) is 4.00. The summed E-state index contributed by atoms with van der Waals surface area (Å²) in [5.41, 5.74) is 7.12. The van der Waals surface area contributed by atoms with Crippen molar-refractivity contribution in [2.75, 3.05) is 18.5 Å². The fraction of sp³-hybridized carbons (Fsp3) is 0.385. The average Bonchev–Trinajstić information content (AvgIpc) is 2.85. The highest BCUT2D eigenvalue weighted by molar-refractivity contribution is 6.08. The highest BCUT2D eigenvalue weighted by atomic mass is 16.5. The van der Waals surface area contributed by atoms with E-state index in [9.17, 15) is 9.59 Å². The van der Waals surface area contributed by atoms with Gasteiger partial charge in [0.2, 0.25) is 0 Å². The normalized spacial score (nSPS) is 14.2. The van der Waals surface area contributed by atoms with Crippen LogP contribution in [0.15, 0.2) is 18.2 Å². The van der Waals surface area contributed by atoms with Gasteiger partial charge in [0.1, 0.15) is 5.75 Å². The summed E-state index contributed by atoms with van der Waals surface area (Å²) < 4.78 is 10.1. The van der Waals surface area contributed by atoms with E-state index in [0.29, 0.717) is 12.3 Å². The van der Waals surface area contributed by atoms with Gasteiger partial charge >= 0.3 is 5.97 Å². The van der Waals surface area contributed by atoms with Gasteiger partial charge in [0.05, 0.1) is 13.2 Å². The van der Waals surface area contributed by atoms with E-state index in [2.05, 4.69) is 5.32 Å². The molecule has 6 heteroatoms. The van der Waals surface area contributed by atoms with Crippen LogP contribution in [0.5, 0.6) is 5.75 Å². The number of esters is 1. The molecular formula is C13H16N2O4. The quantitative estimate of drug-likeness (QED) is 0.608. The molecule has 1 heterocycles. The molecule has 0 spiro atoms. The molecular weight excluding hydrogens is 248 g/mol. The minimum atomic E-state index is -1.32. The number of carbonyl (C=O) groups excluding carboxylic acids is 2. The van der Waals surface area contributed by atoms with Crippen molar-refractivity contribution < 1.29 is 19.1 Å². The Labute approximate surface area is 110 Å². The van der Waals surface area contributed by atoms with E-state index in [4.69, 9.17) is 15.2 Å². The molecule has 1 atom stereocenters. The van der Waals surface area contributed by atoms with Gasteiger partial charge in [-0.25, -0.2) is 4.79 Å². The van der Waals surface area contributed by atoms with Crippen molar-refractivity contribution in [1.82, 2.24) is 0 Å². The van der Waals surface area contributed by atoms with Crippen molar-refractivity contribution in [2.45, 2.75) is 19.4 Å². The zero-order valence-electron chi connectivity index (χ0n) is 10.6. The van der Waals surface area contributed by atoms with Crippen LogP contribution in [0.1, 0.15) is 12.5 Å². The summed E-state index contributed by atoms with van der Waals surface area (Å²) >= 11 is 0. The maximum atomic E-state index is 11.8. The SMILES string of the molecule is CCOC(=O)C(N)C(=O)Nc1ccc2c(c1)CCO2. The highest BCUT2D eigenvalue weighted by Crippen LogP contribution is 2.27. The van der Waals surface area contributed by atoms with Gasteiger partial charge < -0.3 is 20.5 Å². The van der Waals surface area contributed by atoms with Crippen molar-refractivity contribution in [1.29, 1.82) is 0 Å². The van der Waals surface area contributed by atoms with Crippen molar-refractivity contribution in [3.63, 3.8) is 0 Å². The van der Waals surface area contributed by atoms with Gasteiger partial charge in [-0.1, -0.05) is 0 Å². The highest BCUT2D eigenvalue weighted by Gasteiger charge is 2.23. The molecule has 2 rings (SSSR count). The molecule has 19 heavy (non-hydrogen) atoms. The van der Waals surface area contributed by atoms with Crippen molar-refractivity contribution >= 4 is 17.6 Å². The zero-order valence-corrected chi connectivity index (χ0v) is 10.6. The smallest absolute Gasteiger partial charge is 0.332 e. The molecule has 0 saturated carbocycles. The van der Waals surface area contributed by atoms with Crippen molar-refractivity contribution in [3.05, 3.63) is 23.8 Å². The molecule has 1 unspecified atom stereocenters. The lowest BCUT2D eigenvalue weighted by atomic mass is 10.1. The zero-order chi connectivity index (χ0) is 13.8. The monoisotopic (exact) mass is 264 g/mol. The number of fused-ring (bicyclic) bond motifs is 1. The Morgan fingerprint density at radius 3 is 3.05 bits per heavy atom. The standard InChI is InChI=1S/C13H16N2O4/c1-2-18-13(17)11(14)12(16)15-9-3-4-10-8(7-9)5-6-19-10/h3-4,7,11H,2,5-6,14H2,1H3,(H,15,16). The summed E-state index contributed by atoms with van der Waals surface area (Å²) in [4.78, 5) is 23.1. The van der Waals surface area contributed by atoms with Crippen molar-refractivity contribution in [2.24, 2.45) is 5.73 Å². The first kappa shape index (κ1) is 13.4. The molecule has 1 aromatic carbocycles. The molecule has 3 N–H and O–H groups in total. The van der Waals surface area contributed by atoms with E-state index in [-0.39, 0.29) is 6.61 Å². The third kappa shape index (κ3) is 3.03. The molecule has 1 aromatic rings. The Hall–Kier alpha value is -2.08. The minimum absolute atomic E-state index is 0.190. The van der Waals surface area contributed by atoms with Crippen LogP contribution in [0.2, 0.25) is 0 Å².